The maximum absolute atomic E-state index is 6.63. The molecule has 86 heavy (non-hydrogen) atoms. The van der Waals surface area contributed by atoms with E-state index in [0.717, 1.165) is 111 Å². The first-order valence-electron chi connectivity index (χ1n) is 29.4. The van der Waals surface area contributed by atoms with Gasteiger partial charge in [-0.3, -0.25) is 0 Å². The fourth-order valence-electron chi connectivity index (χ4n) is 13.4. The molecule has 0 aliphatic rings. The molecule has 15 aromatic carbocycles. The minimum atomic E-state index is 0.838. The lowest BCUT2D eigenvalue weighted by atomic mass is 9.83. The number of rotatable bonds is 10. The number of para-hydroxylation sites is 2. The SMILES string of the molecule is c1ccc(-c2ccc(N(c3ccc4c(c3)oc3ccccc34)c3ccc4c(-c5cccc6ccccc56)c5cc(N(c6ccc(-c7ccccc7)cc6)c6ccc7c(c6)oc6ccccc67)ccc5c(-c5cccc6ccccc56)c4c3)cc2)cc1. The van der Waals surface area contributed by atoms with E-state index in [1.165, 1.54) is 54.9 Å². The van der Waals surface area contributed by atoms with Gasteiger partial charge in [-0.05, 0) is 173 Å². The summed E-state index contributed by atoms with van der Waals surface area (Å²) in [7, 11) is 0. The Morgan fingerprint density at radius 3 is 0.930 bits per heavy atom. The molecule has 0 aliphatic carbocycles. The molecular formula is C82H52N2O2. The summed E-state index contributed by atoms with van der Waals surface area (Å²) in [6.45, 7) is 0. The monoisotopic (exact) mass is 1100 g/mol. The molecule has 0 aliphatic heterocycles. The third-order valence-corrected chi connectivity index (χ3v) is 17.4. The summed E-state index contributed by atoms with van der Waals surface area (Å²) in [6.07, 6.45) is 0. The van der Waals surface area contributed by atoms with E-state index in [0.29, 0.717) is 0 Å². The first-order valence-corrected chi connectivity index (χ1v) is 29.4. The van der Waals surface area contributed by atoms with Crippen molar-refractivity contribution in [1.82, 2.24) is 0 Å². The van der Waals surface area contributed by atoms with Crippen LogP contribution in [-0.4, -0.2) is 0 Å². The molecule has 0 amide bonds. The minimum absolute atomic E-state index is 0.838. The second-order valence-electron chi connectivity index (χ2n) is 22.3. The van der Waals surface area contributed by atoms with Gasteiger partial charge in [0.1, 0.15) is 22.3 Å². The highest BCUT2D eigenvalue weighted by atomic mass is 16.3. The average Bonchev–Trinajstić information content (AvgIpc) is 0.997. The van der Waals surface area contributed by atoms with E-state index in [-0.39, 0.29) is 0 Å². The van der Waals surface area contributed by atoms with Crippen LogP contribution in [0.1, 0.15) is 0 Å². The third-order valence-electron chi connectivity index (χ3n) is 17.4. The van der Waals surface area contributed by atoms with Crippen LogP contribution in [0.5, 0.6) is 0 Å². The highest BCUT2D eigenvalue weighted by Crippen LogP contribution is 2.51. The number of hydrogen-bond donors (Lipinski definition) is 0. The molecule has 0 atom stereocenters. The number of hydrogen-bond acceptors (Lipinski definition) is 4. The highest BCUT2D eigenvalue weighted by Gasteiger charge is 2.25. The second kappa shape index (κ2) is 20.2. The Kier molecular flexibility index (Phi) is 11.5. The van der Waals surface area contributed by atoms with Crippen molar-refractivity contribution in [3.05, 3.63) is 315 Å². The van der Waals surface area contributed by atoms with Crippen molar-refractivity contribution in [2.75, 3.05) is 9.80 Å². The van der Waals surface area contributed by atoms with Crippen molar-refractivity contribution in [2.45, 2.75) is 0 Å². The zero-order chi connectivity index (χ0) is 56.7. The molecule has 17 rings (SSSR count). The molecule has 4 nitrogen and oxygen atoms in total. The van der Waals surface area contributed by atoms with Crippen LogP contribution in [-0.2, 0) is 0 Å². The largest absolute Gasteiger partial charge is 0.456 e. The average molecular weight is 1100 g/mol. The van der Waals surface area contributed by atoms with Crippen molar-refractivity contribution in [2.24, 2.45) is 0 Å². The van der Waals surface area contributed by atoms with E-state index >= 15 is 0 Å². The molecular weight excluding hydrogens is 1040 g/mol. The minimum Gasteiger partial charge on any atom is -0.456 e. The summed E-state index contributed by atoms with van der Waals surface area (Å²) in [5.41, 5.74) is 18.8. The molecule has 0 spiro atoms. The smallest absolute Gasteiger partial charge is 0.137 e. The number of anilines is 6. The lowest BCUT2D eigenvalue weighted by Crippen LogP contribution is -2.10. The Hall–Kier alpha value is -11.5. The summed E-state index contributed by atoms with van der Waals surface area (Å²) >= 11 is 0. The van der Waals surface area contributed by atoms with Gasteiger partial charge in [-0.15, -0.1) is 0 Å². The zero-order valence-corrected chi connectivity index (χ0v) is 46.7. The molecule has 0 unspecified atom stereocenters. The molecule has 402 valence electrons. The molecule has 0 saturated heterocycles. The van der Waals surface area contributed by atoms with Crippen LogP contribution >= 0.6 is 0 Å². The van der Waals surface area contributed by atoms with Crippen LogP contribution in [0.15, 0.2) is 324 Å². The third kappa shape index (κ3) is 8.22. The topological polar surface area (TPSA) is 32.8 Å². The zero-order valence-electron chi connectivity index (χ0n) is 46.7. The molecule has 4 heteroatoms. The molecule has 0 bridgehead atoms. The Morgan fingerprint density at radius 2 is 0.500 bits per heavy atom. The first kappa shape index (κ1) is 49.2. The number of fused-ring (bicyclic) bond motifs is 10. The van der Waals surface area contributed by atoms with Gasteiger partial charge in [-0.1, -0.05) is 218 Å². The number of benzene rings is 15. The first-order chi connectivity index (χ1) is 42.6. The maximum Gasteiger partial charge on any atom is 0.137 e. The predicted molar refractivity (Wildman–Crippen MR) is 362 cm³/mol. The summed E-state index contributed by atoms with van der Waals surface area (Å²) in [5, 5.41) is 13.7. The molecule has 2 heterocycles. The maximum atomic E-state index is 6.63. The van der Waals surface area contributed by atoms with Gasteiger partial charge in [-0.25, -0.2) is 0 Å². The normalized spacial score (nSPS) is 11.7. The molecule has 0 radical (unpaired) electrons. The van der Waals surface area contributed by atoms with Gasteiger partial charge in [0.25, 0.3) is 0 Å². The van der Waals surface area contributed by atoms with Crippen molar-refractivity contribution in [1.29, 1.82) is 0 Å². The summed E-state index contributed by atoms with van der Waals surface area (Å²) in [4.78, 5) is 4.77. The standard InChI is InChI=1S/C82H52N2O2/c1-3-17-53(18-4-1)55-33-37-59(38-34-55)83(63-41-45-69-67-27-11-13-31-77(67)85-79(69)51-63)61-43-47-73-75(49-61)81(71-29-15-23-57-21-7-9-25-65(57)71)74-48-44-62(50-76(74)82(73)72-30-16-24-58-22-8-10-26-66(58)72)84(60-39-35-56(36-40-60)54-19-5-2-6-20-54)64-42-46-70-68-28-12-14-32-78(68)86-80(70)52-64/h1-52H. The van der Waals surface area contributed by atoms with Gasteiger partial charge in [0.2, 0.25) is 0 Å². The summed E-state index contributed by atoms with van der Waals surface area (Å²) in [5.74, 6) is 0. The van der Waals surface area contributed by atoms with Gasteiger partial charge < -0.3 is 18.6 Å². The molecule has 17 aromatic rings. The second-order valence-corrected chi connectivity index (χ2v) is 22.3. The molecule has 0 N–H and O–H groups in total. The summed E-state index contributed by atoms with van der Waals surface area (Å²) in [6, 6.07) is 114. The van der Waals surface area contributed by atoms with Crippen LogP contribution in [0.2, 0.25) is 0 Å². The van der Waals surface area contributed by atoms with Crippen molar-refractivity contribution >= 4 is 121 Å². The van der Waals surface area contributed by atoms with Crippen LogP contribution in [0.3, 0.4) is 0 Å². The Balaban J connectivity index is 0.951. The van der Waals surface area contributed by atoms with E-state index in [1.54, 1.807) is 0 Å². The molecule has 2 aromatic heterocycles. The van der Waals surface area contributed by atoms with Gasteiger partial charge in [0.15, 0.2) is 0 Å². The Bertz CT molecular complexity index is 5120. The Labute approximate surface area is 496 Å². The summed E-state index contributed by atoms with van der Waals surface area (Å²) < 4.78 is 13.3. The fraction of sp³-hybridized carbons (Fsp3) is 0. The van der Waals surface area contributed by atoms with E-state index in [1.807, 2.05) is 12.1 Å². The quantitative estimate of drug-likeness (QED) is 0.128. The van der Waals surface area contributed by atoms with Crippen LogP contribution in [0.4, 0.5) is 34.1 Å². The lowest BCUT2D eigenvalue weighted by molar-refractivity contribution is 0.668. The lowest BCUT2D eigenvalue weighted by Gasteiger charge is -2.28. The van der Waals surface area contributed by atoms with Crippen molar-refractivity contribution < 1.29 is 8.83 Å². The van der Waals surface area contributed by atoms with E-state index in [9.17, 15) is 0 Å². The predicted octanol–water partition coefficient (Wildman–Crippen LogP) is 23.7. The van der Waals surface area contributed by atoms with E-state index < -0.39 is 0 Å². The number of nitrogens with zero attached hydrogens (tertiary/aromatic N) is 2. The van der Waals surface area contributed by atoms with Gasteiger partial charge >= 0.3 is 0 Å². The van der Waals surface area contributed by atoms with E-state index in [2.05, 4.69) is 313 Å². The van der Waals surface area contributed by atoms with Gasteiger partial charge in [0.05, 0.1) is 0 Å². The van der Waals surface area contributed by atoms with Crippen LogP contribution < -0.4 is 9.80 Å². The number of furan rings is 2. The Morgan fingerprint density at radius 1 is 0.186 bits per heavy atom. The van der Waals surface area contributed by atoms with Crippen molar-refractivity contribution in [3.63, 3.8) is 0 Å². The van der Waals surface area contributed by atoms with Crippen molar-refractivity contribution in [3.8, 4) is 44.5 Å². The van der Waals surface area contributed by atoms with Crippen LogP contribution in [0, 0.1) is 0 Å². The van der Waals surface area contributed by atoms with Gasteiger partial charge in [-0.2, -0.15) is 0 Å². The molecule has 0 fully saturated rings. The van der Waals surface area contributed by atoms with E-state index in [4.69, 9.17) is 8.83 Å². The van der Waals surface area contributed by atoms with Crippen LogP contribution in [0.25, 0.3) is 131 Å². The molecule has 0 saturated carbocycles. The van der Waals surface area contributed by atoms with Gasteiger partial charge in [0, 0.05) is 67.8 Å². The highest BCUT2D eigenvalue weighted by molar-refractivity contribution is 6.26. The fourth-order valence-corrected chi connectivity index (χ4v) is 13.4.